The molecule has 0 aliphatic carbocycles. The van der Waals surface area contributed by atoms with Crippen LogP contribution in [0, 0.1) is 0 Å². The monoisotopic (exact) mass is 412 g/mol. The van der Waals surface area contributed by atoms with Crippen molar-refractivity contribution in [1.29, 1.82) is 0 Å². The third kappa shape index (κ3) is 4.11. The number of carbonyl (C=O) groups is 1. The Morgan fingerprint density at radius 1 is 0.903 bits per heavy atom. The minimum atomic E-state index is 0.0811. The number of benzene rings is 2. The molecule has 2 aromatic carbocycles. The van der Waals surface area contributed by atoms with Crippen molar-refractivity contribution in [3.63, 3.8) is 0 Å². The molecule has 1 N–H and O–H groups in total. The van der Waals surface area contributed by atoms with E-state index in [9.17, 15) is 4.79 Å². The van der Waals surface area contributed by atoms with Crippen LogP contribution in [0.3, 0.4) is 0 Å². The van der Waals surface area contributed by atoms with Crippen LogP contribution in [0.1, 0.15) is 27.4 Å². The van der Waals surface area contributed by atoms with E-state index in [1.165, 1.54) is 11.1 Å². The molecule has 0 bridgehead atoms. The van der Waals surface area contributed by atoms with Crippen molar-refractivity contribution in [2.24, 2.45) is 0 Å². The van der Waals surface area contributed by atoms with Gasteiger partial charge in [-0.1, -0.05) is 60.7 Å². The first kappa shape index (κ1) is 19.9. The second-order valence-electron chi connectivity index (χ2n) is 8.41. The van der Waals surface area contributed by atoms with Crippen LogP contribution in [0.5, 0.6) is 0 Å². The molecule has 3 aromatic rings. The minimum absolute atomic E-state index is 0.0811. The first-order valence-corrected chi connectivity index (χ1v) is 11.1. The van der Waals surface area contributed by atoms with Crippen LogP contribution in [-0.2, 0) is 0 Å². The number of fused-ring (bicyclic) bond motifs is 1. The number of pyridine rings is 1. The van der Waals surface area contributed by atoms with Crippen LogP contribution in [0.15, 0.2) is 85.2 Å². The zero-order valence-corrected chi connectivity index (χ0v) is 17.6. The maximum Gasteiger partial charge on any atom is 0.255 e. The van der Waals surface area contributed by atoms with Crippen molar-refractivity contribution in [1.82, 2.24) is 20.1 Å². The average Bonchev–Trinajstić information content (AvgIpc) is 2.85. The third-order valence-electron chi connectivity index (χ3n) is 6.59. The lowest BCUT2D eigenvalue weighted by molar-refractivity contribution is 0.0143. The maximum atomic E-state index is 13.0. The summed E-state index contributed by atoms with van der Waals surface area (Å²) >= 11 is 0. The molecule has 2 aliphatic heterocycles. The highest BCUT2D eigenvalue weighted by Crippen LogP contribution is 2.34. The Balaban J connectivity index is 1.40. The lowest BCUT2D eigenvalue weighted by Gasteiger charge is -2.50. The summed E-state index contributed by atoms with van der Waals surface area (Å²) in [6.45, 7) is 4.23. The predicted octanol–water partition coefficient (Wildman–Crippen LogP) is 3.01. The Kier molecular flexibility index (Phi) is 5.78. The van der Waals surface area contributed by atoms with E-state index in [-0.39, 0.29) is 5.91 Å². The van der Waals surface area contributed by atoms with Crippen molar-refractivity contribution in [3.05, 3.63) is 102 Å². The summed E-state index contributed by atoms with van der Waals surface area (Å²) < 4.78 is 0. The second-order valence-corrected chi connectivity index (χ2v) is 8.41. The lowest BCUT2D eigenvalue weighted by atomic mass is 9.82. The SMILES string of the molecule is O=C(c1cccnc1)N1CCN2[C@H](CNC[C@H]2C(c2ccccc2)c2ccccc2)C1. The van der Waals surface area contributed by atoms with Gasteiger partial charge in [0.15, 0.2) is 0 Å². The summed E-state index contributed by atoms with van der Waals surface area (Å²) in [5.74, 6) is 0.371. The van der Waals surface area contributed by atoms with Gasteiger partial charge in [-0.2, -0.15) is 0 Å². The molecular weight excluding hydrogens is 384 g/mol. The molecule has 0 spiro atoms. The zero-order valence-electron chi connectivity index (χ0n) is 17.6. The largest absolute Gasteiger partial charge is 0.336 e. The summed E-state index contributed by atoms with van der Waals surface area (Å²) in [5.41, 5.74) is 3.35. The van der Waals surface area contributed by atoms with Crippen molar-refractivity contribution in [2.75, 3.05) is 32.7 Å². The molecule has 2 fully saturated rings. The Hall–Kier alpha value is -3.02. The number of amides is 1. The van der Waals surface area contributed by atoms with Gasteiger partial charge in [-0.3, -0.25) is 14.7 Å². The average molecular weight is 413 g/mol. The van der Waals surface area contributed by atoms with E-state index in [1.807, 2.05) is 17.0 Å². The molecule has 0 unspecified atom stereocenters. The Labute approximate surface area is 183 Å². The molecule has 158 valence electrons. The fourth-order valence-corrected chi connectivity index (χ4v) is 5.13. The molecule has 5 nitrogen and oxygen atoms in total. The van der Waals surface area contributed by atoms with Gasteiger partial charge in [0.2, 0.25) is 0 Å². The number of rotatable bonds is 4. The van der Waals surface area contributed by atoms with E-state index in [1.54, 1.807) is 12.4 Å². The Morgan fingerprint density at radius 2 is 1.61 bits per heavy atom. The van der Waals surface area contributed by atoms with Gasteiger partial charge in [0, 0.05) is 63.1 Å². The number of nitrogens with one attached hydrogen (secondary N) is 1. The molecule has 2 atom stereocenters. The molecule has 0 saturated carbocycles. The molecular formula is C26H28N4O. The minimum Gasteiger partial charge on any atom is -0.336 e. The van der Waals surface area contributed by atoms with Gasteiger partial charge in [0.25, 0.3) is 5.91 Å². The van der Waals surface area contributed by atoms with Crippen LogP contribution < -0.4 is 5.32 Å². The fourth-order valence-electron chi connectivity index (χ4n) is 5.13. The van der Waals surface area contributed by atoms with Crippen molar-refractivity contribution in [2.45, 2.75) is 18.0 Å². The summed E-state index contributed by atoms with van der Waals surface area (Å²) in [4.78, 5) is 21.7. The second kappa shape index (κ2) is 9.00. The quantitative estimate of drug-likeness (QED) is 0.716. The van der Waals surface area contributed by atoms with Crippen molar-refractivity contribution < 1.29 is 4.79 Å². The third-order valence-corrected chi connectivity index (χ3v) is 6.59. The topological polar surface area (TPSA) is 48.5 Å². The van der Waals surface area contributed by atoms with E-state index in [0.717, 1.165) is 32.7 Å². The smallest absolute Gasteiger partial charge is 0.255 e. The van der Waals surface area contributed by atoms with Crippen LogP contribution >= 0.6 is 0 Å². The van der Waals surface area contributed by atoms with E-state index < -0.39 is 0 Å². The molecule has 1 aromatic heterocycles. The van der Waals surface area contributed by atoms with Gasteiger partial charge in [-0.25, -0.2) is 0 Å². The standard InChI is InChI=1S/C26H28N4O/c31-26(22-12-7-13-27-16-22)29-14-15-30-23(19-29)17-28-18-24(30)25(20-8-3-1-4-9-20)21-10-5-2-6-11-21/h1-13,16,23-25,28H,14-15,17-19H2/t23-,24+/m1/s1. The normalized spacial score (nSPS) is 21.6. The number of piperazine rings is 2. The summed E-state index contributed by atoms with van der Waals surface area (Å²) in [5, 5.41) is 3.66. The van der Waals surface area contributed by atoms with E-state index in [0.29, 0.717) is 23.6 Å². The molecule has 2 aliphatic rings. The van der Waals surface area contributed by atoms with Crippen LogP contribution in [0.4, 0.5) is 0 Å². The highest BCUT2D eigenvalue weighted by molar-refractivity contribution is 5.94. The van der Waals surface area contributed by atoms with Crippen LogP contribution in [0.25, 0.3) is 0 Å². The number of nitrogens with zero attached hydrogens (tertiary/aromatic N) is 3. The first-order chi connectivity index (χ1) is 15.3. The highest BCUT2D eigenvalue weighted by Gasteiger charge is 2.40. The van der Waals surface area contributed by atoms with Crippen molar-refractivity contribution >= 4 is 5.91 Å². The fraction of sp³-hybridized carbons (Fsp3) is 0.308. The number of carbonyl (C=O) groups excluding carboxylic acids is 1. The lowest BCUT2D eigenvalue weighted by Crippen LogP contribution is -2.66. The van der Waals surface area contributed by atoms with Gasteiger partial charge in [0.1, 0.15) is 0 Å². The summed E-state index contributed by atoms with van der Waals surface area (Å²) in [6, 6.07) is 26.0. The maximum absolute atomic E-state index is 13.0. The van der Waals surface area contributed by atoms with E-state index in [4.69, 9.17) is 0 Å². The van der Waals surface area contributed by atoms with Gasteiger partial charge >= 0.3 is 0 Å². The van der Waals surface area contributed by atoms with E-state index in [2.05, 4.69) is 75.9 Å². The molecule has 1 amide bonds. The van der Waals surface area contributed by atoms with Gasteiger partial charge in [0.05, 0.1) is 5.56 Å². The molecule has 5 heteroatoms. The molecule has 5 rings (SSSR count). The van der Waals surface area contributed by atoms with Gasteiger partial charge < -0.3 is 10.2 Å². The Bertz CT molecular complexity index is 956. The first-order valence-electron chi connectivity index (χ1n) is 11.1. The zero-order chi connectivity index (χ0) is 21.0. The Morgan fingerprint density at radius 3 is 2.26 bits per heavy atom. The van der Waals surface area contributed by atoms with Gasteiger partial charge in [-0.15, -0.1) is 0 Å². The number of aromatic nitrogens is 1. The molecule has 2 saturated heterocycles. The number of hydrogen-bond acceptors (Lipinski definition) is 4. The predicted molar refractivity (Wildman–Crippen MR) is 122 cm³/mol. The van der Waals surface area contributed by atoms with E-state index >= 15 is 0 Å². The molecule has 31 heavy (non-hydrogen) atoms. The number of hydrogen-bond donors (Lipinski definition) is 1. The molecule has 3 heterocycles. The van der Waals surface area contributed by atoms with Crippen LogP contribution in [0.2, 0.25) is 0 Å². The molecule has 0 radical (unpaired) electrons. The summed E-state index contributed by atoms with van der Waals surface area (Å²) in [6.07, 6.45) is 3.37. The highest BCUT2D eigenvalue weighted by atomic mass is 16.2. The van der Waals surface area contributed by atoms with Gasteiger partial charge in [-0.05, 0) is 23.3 Å². The summed E-state index contributed by atoms with van der Waals surface area (Å²) in [7, 11) is 0. The van der Waals surface area contributed by atoms with Crippen LogP contribution in [-0.4, -0.2) is 65.5 Å². The van der Waals surface area contributed by atoms with Crippen molar-refractivity contribution in [3.8, 4) is 0 Å².